The fraction of sp³-hybridized carbons (Fsp3) is 0.211. The van der Waals surface area contributed by atoms with Crippen molar-refractivity contribution in [3.05, 3.63) is 59.2 Å². The van der Waals surface area contributed by atoms with E-state index < -0.39 is 5.91 Å². The van der Waals surface area contributed by atoms with Crippen molar-refractivity contribution in [3.8, 4) is 11.8 Å². The van der Waals surface area contributed by atoms with Crippen molar-refractivity contribution in [2.24, 2.45) is 0 Å². The van der Waals surface area contributed by atoms with Gasteiger partial charge in [-0.15, -0.1) is 11.8 Å². The highest BCUT2D eigenvalue weighted by Crippen LogP contribution is 2.20. The van der Waals surface area contributed by atoms with Crippen LogP contribution in [0.3, 0.4) is 0 Å². The van der Waals surface area contributed by atoms with Crippen molar-refractivity contribution in [2.45, 2.75) is 18.7 Å². The summed E-state index contributed by atoms with van der Waals surface area (Å²) in [6, 6.07) is 14.6. The molecule has 0 saturated carbocycles. The fourth-order valence-electron chi connectivity index (χ4n) is 1.99. The fourth-order valence-corrected chi connectivity index (χ4v) is 2.79. The average Bonchev–Trinajstić information content (AvgIpc) is 2.65. The minimum atomic E-state index is -0.512. The predicted molar refractivity (Wildman–Crippen MR) is 99.6 cm³/mol. The largest absolute Gasteiger partial charge is 0.482 e. The Bertz CT molecular complexity index is 846. The van der Waals surface area contributed by atoms with E-state index in [2.05, 4.69) is 10.9 Å². The lowest BCUT2D eigenvalue weighted by atomic mass is 10.1. The van der Waals surface area contributed by atoms with Crippen LogP contribution in [0.1, 0.15) is 16.7 Å². The molecule has 0 heterocycles. The second-order valence-electron chi connectivity index (χ2n) is 5.53. The first-order valence-corrected chi connectivity index (χ1v) is 8.88. The number of amides is 2. The molecule has 0 spiro atoms. The lowest BCUT2D eigenvalue weighted by Crippen LogP contribution is -2.44. The number of nitriles is 1. The summed E-state index contributed by atoms with van der Waals surface area (Å²) < 4.78 is 5.28. The molecular formula is C19H19N3O3S. The molecule has 0 saturated heterocycles. The third-order valence-electron chi connectivity index (χ3n) is 3.56. The number of hydrogen-bond acceptors (Lipinski definition) is 5. The standard InChI is InChI=1S/C19H19N3O3S/c1-13-7-8-16(9-14(13)2)26-12-19(24)22-21-18(23)11-25-17-6-4-3-5-15(17)10-20/h3-9H,11-12H2,1-2H3,(H,21,23)(H,22,24). The molecule has 26 heavy (non-hydrogen) atoms. The molecule has 0 aliphatic heterocycles. The summed E-state index contributed by atoms with van der Waals surface area (Å²) in [6.45, 7) is 3.75. The summed E-state index contributed by atoms with van der Waals surface area (Å²) in [6.07, 6.45) is 0. The van der Waals surface area contributed by atoms with Gasteiger partial charge in [-0.3, -0.25) is 20.4 Å². The van der Waals surface area contributed by atoms with Gasteiger partial charge in [0.15, 0.2) is 6.61 Å². The topological polar surface area (TPSA) is 91.2 Å². The summed E-state index contributed by atoms with van der Waals surface area (Å²) in [7, 11) is 0. The Morgan fingerprint density at radius 1 is 1.08 bits per heavy atom. The molecule has 2 aromatic carbocycles. The third-order valence-corrected chi connectivity index (χ3v) is 4.55. The SMILES string of the molecule is Cc1ccc(SCC(=O)NNC(=O)COc2ccccc2C#N)cc1C. The summed E-state index contributed by atoms with van der Waals surface area (Å²) >= 11 is 1.39. The number of thioether (sulfide) groups is 1. The normalized spacial score (nSPS) is 9.88. The molecule has 0 radical (unpaired) electrons. The zero-order valence-corrected chi connectivity index (χ0v) is 15.4. The molecule has 0 bridgehead atoms. The second kappa shape index (κ2) is 9.49. The van der Waals surface area contributed by atoms with Crippen molar-refractivity contribution in [1.82, 2.24) is 10.9 Å². The molecule has 2 rings (SSSR count). The Hall–Kier alpha value is -2.98. The number of hydrazine groups is 1. The number of nitrogens with zero attached hydrogens (tertiary/aromatic N) is 1. The Morgan fingerprint density at radius 2 is 1.81 bits per heavy atom. The molecule has 0 aliphatic carbocycles. The van der Waals surface area contributed by atoms with Crippen molar-refractivity contribution in [2.75, 3.05) is 12.4 Å². The van der Waals surface area contributed by atoms with Crippen LogP contribution in [0.15, 0.2) is 47.4 Å². The van der Waals surface area contributed by atoms with Gasteiger partial charge in [0.2, 0.25) is 5.91 Å². The van der Waals surface area contributed by atoms with Crippen molar-refractivity contribution < 1.29 is 14.3 Å². The van der Waals surface area contributed by atoms with Gasteiger partial charge in [0.25, 0.3) is 5.91 Å². The quantitative estimate of drug-likeness (QED) is 0.603. The molecule has 7 heteroatoms. The van der Waals surface area contributed by atoms with Crippen LogP contribution in [0.25, 0.3) is 0 Å². The second-order valence-corrected chi connectivity index (χ2v) is 6.58. The maximum atomic E-state index is 11.8. The molecule has 2 N–H and O–H groups in total. The molecule has 6 nitrogen and oxygen atoms in total. The van der Waals surface area contributed by atoms with Gasteiger partial charge < -0.3 is 4.74 Å². The highest BCUT2D eigenvalue weighted by atomic mass is 32.2. The van der Waals surface area contributed by atoms with Crippen molar-refractivity contribution >= 4 is 23.6 Å². The summed E-state index contributed by atoms with van der Waals surface area (Å²) in [5.74, 6) is -0.330. The molecule has 0 aliphatic rings. The van der Waals surface area contributed by atoms with Gasteiger partial charge in [0.05, 0.1) is 11.3 Å². The Kier molecular flexibility index (Phi) is 7.06. The first-order chi connectivity index (χ1) is 12.5. The lowest BCUT2D eigenvalue weighted by Gasteiger charge is -2.10. The molecule has 2 amide bonds. The number of ether oxygens (including phenoxy) is 1. The number of benzene rings is 2. The van der Waals surface area contributed by atoms with E-state index in [-0.39, 0.29) is 18.3 Å². The predicted octanol–water partition coefficient (Wildman–Crippen LogP) is 2.49. The maximum Gasteiger partial charge on any atom is 0.276 e. The van der Waals surface area contributed by atoms with Crippen LogP contribution in [-0.4, -0.2) is 24.2 Å². The van der Waals surface area contributed by atoms with Gasteiger partial charge in [-0.1, -0.05) is 18.2 Å². The van der Waals surface area contributed by atoms with E-state index in [1.54, 1.807) is 24.3 Å². The molecule has 134 valence electrons. The van der Waals surface area contributed by atoms with E-state index in [1.165, 1.54) is 22.9 Å². The van der Waals surface area contributed by atoms with Gasteiger partial charge in [0.1, 0.15) is 11.8 Å². The van der Waals surface area contributed by atoms with Crippen LogP contribution in [0.2, 0.25) is 0 Å². The van der Waals surface area contributed by atoms with E-state index in [4.69, 9.17) is 10.00 Å². The first kappa shape index (κ1) is 19.3. The number of hydrogen-bond donors (Lipinski definition) is 2. The summed E-state index contributed by atoms with van der Waals surface area (Å²) in [4.78, 5) is 24.5. The van der Waals surface area contributed by atoms with Gasteiger partial charge in [-0.25, -0.2) is 0 Å². The third kappa shape index (κ3) is 5.83. The number of aryl methyl sites for hydroxylation is 2. The zero-order chi connectivity index (χ0) is 18.9. The molecule has 0 fully saturated rings. The van der Waals surface area contributed by atoms with Crippen molar-refractivity contribution in [1.29, 1.82) is 5.26 Å². The van der Waals surface area contributed by atoms with E-state index in [0.717, 1.165) is 4.90 Å². The van der Waals surface area contributed by atoms with Gasteiger partial charge >= 0.3 is 0 Å². The Labute approximate surface area is 156 Å². The monoisotopic (exact) mass is 369 g/mol. The first-order valence-electron chi connectivity index (χ1n) is 7.89. The van der Waals surface area contributed by atoms with Crippen LogP contribution in [0.5, 0.6) is 5.75 Å². The summed E-state index contributed by atoms with van der Waals surface area (Å²) in [5.41, 5.74) is 7.33. The van der Waals surface area contributed by atoms with Crippen LogP contribution in [0.4, 0.5) is 0 Å². The Balaban J connectivity index is 1.72. The number of nitrogens with one attached hydrogen (secondary N) is 2. The Morgan fingerprint density at radius 3 is 2.54 bits per heavy atom. The van der Waals surface area contributed by atoms with Crippen LogP contribution < -0.4 is 15.6 Å². The minimum absolute atomic E-state index is 0.181. The minimum Gasteiger partial charge on any atom is -0.482 e. The lowest BCUT2D eigenvalue weighted by molar-refractivity contribution is -0.128. The van der Waals surface area contributed by atoms with Gasteiger partial charge in [0, 0.05) is 4.90 Å². The molecular weight excluding hydrogens is 350 g/mol. The zero-order valence-electron chi connectivity index (χ0n) is 14.5. The number of rotatable bonds is 6. The van der Waals surface area contributed by atoms with E-state index in [0.29, 0.717) is 11.3 Å². The van der Waals surface area contributed by atoms with Gasteiger partial charge in [-0.2, -0.15) is 5.26 Å². The molecule has 0 unspecified atom stereocenters. The number of carbonyl (C=O) groups excluding carboxylic acids is 2. The molecule has 0 atom stereocenters. The van der Waals surface area contributed by atoms with Gasteiger partial charge in [-0.05, 0) is 49.2 Å². The number of para-hydroxylation sites is 1. The highest BCUT2D eigenvalue weighted by molar-refractivity contribution is 8.00. The molecule has 0 aromatic heterocycles. The van der Waals surface area contributed by atoms with Crippen LogP contribution in [0, 0.1) is 25.2 Å². The van der Waals surface area contributed by atoms with Crippen LogP contribution in [-0.2, 0) is 9.59 Å². The van der Waals surface area contributed by atoms with E-state index in [1.807, 2.05) is 38.1 Å². The van der Waals surface area contributed by atoms with E-state index in [9.17, 15) is 9.59 Å². The maximum absolute atomic E-state index is 11.8. The van der Waals surface area contributed by atoms with Crippen LogP contribution >= 0.6 is 11.8 Å². The average molecular weight is 369 g/mol. The smallest absolute Gasteiger partial charge is 0.276 e. The summed E-state index contributed by atoms with van der Waals surface area (Å²) in [5, 5.41) is 8.96. The number of carbonyl (C=O) groups is 2. The van der Waals surface area contributed by atoms with E-state index >= 15 is 0 Å². The molecule has 2 aromatic rings. The van der Waals surface area contributed by atoms with Crippen molar-refractivity contribution in [3.63, 3.8) is 0 Å². The highest BCUT2D eigenvalue weighted by Gasteiger charge is 2.08.